The molecule has 2 heterocycles. The molecule has 0 spiro atoms. The van der Waals surface area contributed by atoms with Crippen molar-refractivity contribution in [3.05, 3.63) is 71.8 Å². The van der Waals surface area contributed by atoms with Crippen LogP contribution in [0.5, 0.6) is 0 Å². The SMILES string of the molecule is Cc1ccccc1-c1cc(-c2cc(-c3ccccc3C)[nH]n2)n[nH]1. The van der Waals surface area contributed by atoms with Crippen molar-refractivity contribution in [2.75, 3.05) is 0 Å². The number of nitrogens with zero attached hydrogens (tertiary/aromatic N) is 2. The summed E-state index contributed by atoms with van der Waals surface area (Å²) in [7, 11) is 0. The van der Waals surface area contributed by atoms with Crippen molar-refractivity contribution < 1.29 is 0 Å². The van der Waals surface area contributed by atoms with Crippen molar-refractivity contribution in [2.45, 2.75) is 13.8 Å². The minimum Gasteiger partial charge on any atom is -0.277 e. The Labute approximate surface area is 140 Å². The Bertz CT molecular complexity index is 912. The van der Waals surface area contributed by atoms with E-state index in [0.717, 1.165) is 33.9 Å². The summed E-state index contributed by atoms with van der Waals surface area (Å²) < 4.78 is 0. The lowest BCUT2D eigenvalue weighted by Crippen LogP contribution is -1.81. The summed E-state index contributed by atoms with van der Waals surface area (Å²) in [6.07, 6.45) is 0. The third kappa shape index (κ3) is 2.52. The number of hydrogen-bond donors (Lipinski definition) is 2. The summed E-state index contributed by atoms with van der Waals surface area (Å²) in [6.45, 7) is 4.20. The Hall–Kier alpha value is -3.14. The van der Waals surface area contributed by atoms with E-state index in [1.807, 2.05) is 36.4 Å². The van der Waals surface area contributed by atoms with Crippen LogP contribution in [-0.2, 0) is 0 Å². The predicted octanol–water partition coefficient (Wildman–Crippen LogP) is 4.75. The summed E-state index contributed by atoms with van der Waals surface area (Å²) in [6, 6.07) is 20.6. The Kier molecular flexibility index (Phi) is 3.50. The van der Waals surface area contributed by atoms with Crippen LogP contribution in [0.1, 0.15) is 11.1 Å². The third-order valence-corrected chi connectivity index (χ3v) is 4.29. The minimum absolute atomic E-state index is 0.837. The molecule has 0 bridgehead atoms. The van der Waals surface area contributed by atoms with Crippen LogP contribution in [-0.4, -0.2) is 20.4 Å². The second kappa shape index (κ2) is 5.81. The van der Waals surface area contributed by atoms with Crippen molar-refractivity contribution in [3.63, 3.8) is 0 Å². The van der Waals surface area contributed by atoms with Gasteiger partial charge in [-0.05, 0) is 37.1 Å². The van der Waals surface area contributed by atoms with Gasteiger partial charge in [-0.25, -0.2) is 0 Å². The number of aryl methyl sites for hydroxylation is 2. The average Bonchev–Trinajstić information content (AvgIpc) is 3.25. The molecular formula is C20H18N4. The Morgan fingerprint density at radius 2 is 1.04 bits per heavy atom. The molecule has 4 heteroatoms. The van der Waals surface area contributed by atoms with E-state index in [1.54, 1.807) is 0 Å². The molecule has 0 radical (unpaired) electrons. The lowest BCUT2D eigenvalue weighted by molar-refractivity contribution is 1.06. The van der Waals surface area contributed by atoms with Gasteiger partial charge in [0.25, 0.3) is 0 Å². The average molecular weight is 314 g/mol. The number of aromatic nitrogens is 4. The van der Waals surface area contributed by atoms with Gasteiger partial charge in [-0.3, -0.25) is 10.2 Å². The number of aromatic amines is 2. The molecule has 2 aromatic carbocycles. The molecule has 118 valence electrons. The number of H-pyrrole nitrogens is 2. The maximum Gasteiger partial charge on any atom is 0.113 e. The lowest BCUT2D eigenvalue weighted by Gasteiger charge is -2.00. The van der Waals surface area contributed by atoms with E-state index in [0.29, 0.717) is 0 Å². The molecule has 0 amide bonds. The van der Waals surface area contributed by atoms with E-state index in [4.69, 9.17) is 0 Å². The first-order chi connectivity index (χ1) is 11.7. The summed E-state index contributed by atoms with van der Waals surface area (Å²) >= 11 is 0. The first-order valence-corrected chi connectivity index (χ1v) is 7.95. The molecule has 0 atom stereocenters. The zero-order chi connectivity index (χ0) is 16.5. The van der Waals surface area contributed by atoms with Gasteiger partial charge in [-0.1, -0.05) is 48.5 Å². The normalized spacial score (nSPS) is 10.9. The van der Waals surface area contributed by atoms with Gasteiger partial charge in [0.2, 0.25) is 0 Å². The smallest absolute Gasteiger partial charge is 0.113 e. The highest BCUT2D eigenvalue weighted by atomic mass is 15.2. The van der Waals surface area contributed by atoms with Gasteiger partial charge in [-0.15, -0.1) is 0 Å². The summed E-state index contributed by atoms with van der Waals surface area (Å²) in [5, 5.41) is 15.1. The summed E-state index contributed by atoms with van der Waals surface area (Å²) in [4.78, 5) is 0. The molecule has 4 rings (SSSR count). The summed E-state index contributed by atoms with van der Waals surface area (Å²) in [5.41, 5.74) is 8.43. The van der Waals surface area contributed by atoms with E-state index < -0.39 is 0 Å². The molecule has 4 aromatic rings. The van der Waals surface area contributed by atoms with Gasteiger partial charge in [0.15, 0.2) is 0 Å². The van der Waals surface area contributed by atoms with Crippen molar-refractivity contribution >= 4 is 0 Å². The number of nitrogens with one attached hydrogen (secondary N) is 2. The number of benzene rings is 2. The van der Waals surface area contributed by atoms with Crippen LogP contribution in [0.15, 0.2) is 60.7 Å². The zero-order valence-corrected chi connectivity index (χ0v) is 13.7. The molecule has 0 saturated heterocycles. The van der Waals surface area contributed by atoms with Crippen molar-refractivity contribution in [1.82, 2.24) is 20.4 Å². The van der Waals surface area contributed by atoms with Crippen LogP contribution in [0.2, 0.25) is 0 Å². The van der Waals surface area contributed by atoms with Crippen molar-refractivity contribution in [2.24, 2.45) is 0 Å². The van der Waals surface area contributed by atoms with Gasteiger partial charge in [0.05, 0.1) is 11.4 Å². The van der Waals surface area contributed by atoms with Crippen LogP contribution in [0.3, 0.4) is 0 Å². The van der Waals surface area contributed by atoms with Crippen LogP contribution < -0.4 is 0 Å². The van der Waals surface area contributed by atoms with Crippen molar-refractivity contribution in [1.29, 1.82) is 0 Å². The maximum atomic E-state index is 4.43. The van der Waals surface area contributed by atoms with Gasteiger partial charge in [0, 0.05) is 11.1 Å². The fourth-order valence-corrected chi connectivity index (χ4v) is 2.93. The number of hydrogen-bond acceptors (Lipinski definition) is 2. The van der Waals surface area contributed by atoms with Crippen LogP contribution in [0.25, 0.3) is 33.9 Å². The highest BCUT2D eigenvalue weighted by Gasteiger charge is 2.12. The zero-order valence-electron chi connectivity index (χ0n) is 13.7. The van der Waals surface area contributed by atoms with E-state index in [9.17, 15) is 0 Å². The van der Waals surface area contributed by atoms with E-state index in [-0.39, 0.29) is 0 Å². The van der Waals surface area contributed by atoms with Crippen LogP contribution in [0, 0.1) is 13.8 Å². The molecule has 0 unspecified atom stereocenters. The largest absolute Gasteiger partial charge is 0.277 e. The first kappa shape index (κ1) is 14.5. The molecular weight excluding hydrogens is 296 g/mol. The monoisotopic (exact) mass is 314 g/mol. The molecule has 2 N–H and O–H groups in total. The highest BCUT2D eigenvalue weighted by molar-refractivity contribution is 5.72. The molecule has 0 aliphatic rings. The predicted molar refractivity (Wildman–Crippen MR) is 96.5 cm³/mol. The van der Waals surface area contributed by atoms with E-state index in [1.165, 1.54) is 11.1 Å². The molecule has 2 aromatic heterocycles. The highest BCUT2D eigenvalue weighted by Crippen LogP contribution is 2.28. The van der Waals surface area contributed by atoms with Gasteiger partial charge in [0.1, 0.15) is 11.4 Å². The topological polar surface area (TPSA) is 57.4 Å². The Balaban J connectivity index is 1.69. The molecule has 24 heavy (non-hydrogen) atoms. The second-order valence-corrected chi connectivity index (χ2v) is 5.96. The molecule has 4 nitrogen and oxygen atoms in total. The van der Waals surface area contributed by atoms with E-state index >= 15 is 0 Å². The third-order valence-electron chi connectivity index (χ3n) is 4.29. The van der Waals surface area contributed by atoms with Gasteiger partial charge < -0.3 is 0 Å². The summed E-state index contributed by atoms with van der Waals surface area (Å²) in [5.74, 6) is 0. The Morgan fingerprint density at radius 3 is 1.46 bits per heavy atom. The first-order valence-electron chi connectivity index (χ1n) is 7.95. The lowest BCUT2D eigenvalue weighted by atomic mass is 10.0. The molecule has 0 fully saturated rings. The standard InChI is InChI=1S/C20H18N4/c1-13-7-3-5-9-15(13)17-11-19(23-21-17)20-12-18(22-24-20)16-10-6-4-8-14(16)2/h3-12H,1-2H3,(H,21,23)(H,22,24). The van der Waals surface area contributed by atoms with Gasteiger partial charge in [-0.2, -0.15) is 10.2 Å². The van der Waals surface area contributed by atoms with Crippen molar-refractivity contribution in [3.8, 4) is 33.9 Å². The van der Waals surface area contributed by atoms with E-state index in [2.05, 4.69) is 58.5 Å². The van der Waals surface area contributed by atoms with Gasteiger partial charge >= 0.3 is 0 Å². The second-order valence-electron chi connectivity index (χ2n) is 5.96. The molecule has 0 aliphatic carbocycles. The van der Waals surface area contributed by atoms with Crippen LogP contribution in [0.4, 0.5) is 0 Å². The fourth-order valence-electron chi connectivity index (χ4n) is 2.93. The minimum atomic E-state index is 0.837. The Morgan fingerprint density at radius 1 is 0.625 bits per heavy atom. The molecule has 0 aliphatic heterocycles. The molecule has 0 saturated carbocycles. The fraction of sp³-hybridized carbons (Fsp3) is 0.100. The maximum absolute atomic E-state index is 4.43. The quantitative estimate of drug-likeness (QED) is 0.573. The van der Waals surface area contributed by atoms with Crippen LogP contribution >= 0.6 is 0 Å². The number of rotatable bonds is 3.